The minimum atomic E-state index is -4.49. The molecule has 0 radical (unpaired) electrons. The molecule has 1 aromatic rings. The molecule has 1 atom stereocenters. The zero-order chi connectivity index (χ0) is 11.5. The molecule has 0 bridgehead atoms. The molecule has 0 amide bonds. The van der Waals surface area contributed by atoms with E-state index in [1.807, 2.05) is 19.1 Å². The lowest BCUT2D eigenvalue weighted by Crippen LogP contribution is -2.07. The second-order valence-corrected chi connectivity index (χ2v) is 4.99. The van der Waals surface area contributed by atoms with Crippen molar-refractivity contribution >= 4 is 10.2 Å². The second kappa shape index (κ2) is 4.75. The van der Waals surface area contributed by atoms with E-state index in [2.05, 4.69) is 0 Å². The summed E-state index contributed by atoms with van der Waals surface area (Å²) >= 11 is 0. The third-order valence-electron chi connectivity index (χ3n) is 2.47. The van der Waals surface area contributed by atoms with Gasteiger partial charge in [-0.15, -0.1) is 3.89 Å². The second-order valence-electron chi connectivity index (χ2n) is 3.47. The molecular weight excluding hydrogens is 215 g/mol. The van der Waals surface area contributed by atoms with Crippen molar-refractivity contribution in [2.45, 2.75) is 31.9 Å². The maximum atomic E-state index is 12.9. The van der Waals surface area contributed by atoms with E-state index < -0.39 is 15.5 Å². The van der Waals surface area contributed by atoms with Crippen LogP contribution in [0.25, 0.3) is 0 Å². The quantitative estimate of drug-likeness (QED) is 0.745. The van der Waals surface area contributed by atoms with Crippen LogP contribution in [0.5, 0.6) is 0 Å². The van der Waals surface area contributed by atoms with Gasteiger partial charge in [0.05, 0.1) is 0 Å². The molecule has 0 N–H and O–H groups in total. The lowest BCUT2D eigenvalue weighted by atomic mass is 10.1. The summed E-state index contributed by atoms with van der Waals surface area (Å²) in [6.45, 7) is 3.67. The van der Waals surface area contributed by atoms with Crippen molar-refractivity contribution in [3.8, 4) is 0 Å². The van der Waals surface area contributed by atoms with Gasteiger partial charge in [0.1, 0.15) is 5.25 Å². The van der Waals surface area contributed by atoms with Crippen molar-refractivity contribution in [1.29, 1.82) is 0 Å². The van der Waals surface area contributed by atoms with Gasteiger partial charge in [-0.25, -0.2) is 0 Å². The Balaban J connectivity index is 3.04. The number of benzene rings is 1. The van der Waals surface area contributed by atoms with Gasteiger partial charge in [0.15, 0.2) is 0 Å². The molecule has 2 nitrogen and oxygen atoms in total. The van der Waals surface area contributed by atoms with Gasteiger partial charge in [0.25, 0.3) is 0 Å². The van der Waals surface area contributed by atoms with Crippen LogP contribution in [0.1, 0.15) is 36.6 Å². The molecule has 84 valence electrons. The maximum absolute atomic E-state index is 12.9. The Labute approximate surface area is 90.3 Å². The first-order valence-corrected chi connectivity index (χ1v) is 6.46. The summed E-state index contributed by atoms with van der Waals surface area (Å²) in [5.41, 5.74) is 1.64. The molecule has 0 aliphatic carbocycles. The van der Waals surface area contributed by atoms with E-state index in [0.29, 0.717) is 5.56 Å². The average molecular weight is 230 g/mol. The smallest absolute Gasteiger partial charge is 0.194 e. The SMILES string of the molecule is CCc1ccc(C(CC)S(=O)(=O)F)cc1. The highest BCUT2D eigenvalue weighted by molar-refractivity contribution is 7.86. The summed E-state index contributed by atoms with van der Waals surface area (Å²) in [6.07, 6.45) is 1.14. The summed E-state index contributed by atoms with van der Waals surface area (Å²) in [5, 5.41) is -1.02. The Morgan fingerprint density at radius 1 is 1.20 bits per heavy atom. The molecule has 0 saturated carbocycles. The van der Waals surface area contributed by atoms with Crippen LogP contribution in [0.4, 0.5) is 3.89 Å². The molecule has 0 heterocycles. The number of hydrogen-bond donors (Lipinski definition) is 0. The zero-order valence-electron chi connectivity index (χ0n) is 8.90. The topological polar surface area (TPSA) is 34.1 Å². The average Bonchev–Trinajstić information content (AvgIpc) is 2.18. The van der Waals surface area contributed by atoms with Crippen molar-refractivity contribution in [2.24, 2.45) is 0 Å². The predicted octanol–water partition coefficient (Wildman–Crippen LogP) is 3.00. The zero-order valence-corrected chi connectivity index (χ0v) is 9.72. The van der Waals surface area contributed by atoms with Crippen LogP contribution in [0.2, 0.25) is 0 Å². The Hall–Kier alpha value is -0.900. The van der Waals surface area contributed by atoms with Gasteiger partial charge in [0, 0.05) is 0 Å². The first kappa shape index (κ1) is 12.2. The third kappa shape index (κ3) is 3.02. The van der Waals surface area contributed by atoms with Crippen molar-refractivity contribution < 1.29 is 12.3 Å². The highest BCUT2D eigenvalue weighted by atomic mass is 32.3. The minimum Gasteiger partial charge on any atom is -0.194 e. The number of halogens is 1. The molecule has 1 rings (SSSR count). The largest absolute Gasteiger partial charge is 0.309 e. The van der Waals surface area contributed by atoms with E-state index in [-0.39, 0.29) is 6.42 Å². The van der Waals surface area contributed by atoms with Crippen LogP contribution >= 0.6 is 0 Å². The Kier molecular flexibility index (Phi) is 3.85. The fourth-order valence-corrected chi connectivity index (χ4v) is 2.45. The van der Waals surface area contributed by atoms with Crippen molar-refractivity contribution in [2.75, 3.05) is 0 Å². The third-order valence-corrected chi connectivity index (χ3v) is 3.76. The fraction of sp³-hybridized carbons (Fsp3) is 0.455. The molecule has 0 fully saturated rings. The highest BCUT2D eigenvalue weighted by Gasteiger charge is 2.24. The molecule has 0 aliphatic rings. The first-order valence-electron chi connectivity index (χ1n) is 5.01. The highest BCUT2D eigenvalue weighted by Crippen LogP contribution is 2.27. The van der Waals surface area contributed by atoms with Crippen LogP contribution < -0.4 is 0 Å². The molecule has 4 heteroatoms. The van der Waals surface area contributed by atoms with Crippen LogP contribution in [-0.4, -0.2) is 8.42 Å². The van der Waals surface area contributed by atoms with E-state index in [4.69, 9.17) is 0 Å². The van der Waals surface area contributed by atoms with Gasteiger partial charge in [-0.2, -0.15) is 8.42 Å². The van der Waals surface area contributed by atoms with Gasteiger partial charge in [0.2, 0.25) is 0 Å². The summed E-state index contributed by atoms with van der Waals surface area (Å²) in [6, 6.07) is 7.04. The van der Waals surface area contributed by atoms with Gasteiger partial charge >= 0.3 is 10.2 Å². The summed E-state index contributed by atoms with van der Waals surface area (Å²) in [5.74, 6) is 0. The number of rotatable bonds is 4. The molecule has 0 spiro atoms. The van der Waals surface area contributed by atoms with Crippen LogP contribution in [0.3, 0.4) is 0 Å². The van der Waals surface area contributed by atoms with Crippen LogP contribution in [-0.2, 0) is 16.6 Å². The lowest BCUT2D eigenvalue weighted by molar-refractivity contribution is 0.533. The van der Waals surface area contributed by atoms with E-state index >= 15 is 0 Å². The fourth-order valence-electron chi connectivity index (χ4n) is 1.57. The monoisotopic (exact) mass is 230 g/mol. The Morgan fingerprint density at radius 2 is 1.73 bits per heavy atom. The standard InChI is InChI=1S/C11H15FO2S/c1-3-9-5-7-10(8-6-9)11(4-2)15(12,13)14/h5-8,11H,3-4H2,1-2H3. The molecule has 15 heavy (non-hydrogen) atoms. The van der Waals surface area contributed by atoms with Crippen LogP contribution in [0, 0.1) is 0 Å². The van der Waals surface area contributed by atoms with Gasteiger partial charge in [-0.05, 0) is 24.0 Å². The summed E-state index contributed by atoms with van der Waals surface area (Å²) in [7, 11) is -4.49. The van der Waals surface area contributed by atoms with Crippen LogP contribution in [0.15, 0.2) is 24.3 Å². The van der Waals surface area contributed by atoms with E-state index in [0.717, 1.165) is 12.0 Å². The van der Waals surface area contributed by atoms with Crippen molar-refractivity contribution in [1.82, 2.24) is 0 Å². The number of hydrogen-bond acceptors (Lipinski definition) is 2. The van der Waals surface area contributed by atoms with E-state index in [9.17, 15) is 12.3 Å². The normalized spacial score (nSPS) is 13.8. The Morgan fingerprint density at radius 3 is 2.07 bits per heavy atom. The molecule has 1 unspecified atom stereocenters. The van der Waals surface area contributed by atoms with E-state index in [1.165, 1.54) is 0 Å². The van der Waals surface area contributed by atoms with E-state index in [1.54, 1.807) is 19.1 Å². The molecule has 0 aliphatic heterocycles. The number of aryl methyl sites for hydroxylation is 1. The lowest BCUT2D eigenvalue weighted by Gasteiger charge is -2.10. The van der Waals surface area contributed by atoms with Gasteiger partial charge in [-0.3, -0.25) is 0 Å². The van der Waals surface area contributed by atoms with Gasteiger partial charge in [-0.1, -0.05) is 38.1 Å². The summed E-state index contributed by atoms with van der Waals surface area (Å²) in [4.78, 5) is 0. The predicted molar refractivity (Wildman–Crippen MR) is 58.9 cm³/mol. The van der Waals surface area contributed by atoms with Crippen molar-refractivity contribution in [3.63, 3.8) is 0 Å². The minimum absolute atomic E-state index is 0.254. The molecule has 0 aromatic heterocycles. The molecule has 0 saturated heterocycles. The molecular formula is C11H15FO2S. The maximum Gasteiger partial charge on any atom is 0.309 e. The first-order chi connectivity index (χ1) is 6.99. The van der Waals surface area contributed by atoms with Gasteiger partial charge < -0.3 is 0 Å². The van der Waals surface area contributed by atoms with Crippen molar-refractivity contribution in [3.05, 3.63) is 35.4 Å². The summed E-state index contributed by atoms with van der Waals surface area (Å²) < 4.78 is 34.6. The Bertz CT molecular complexity index is 409. The molecule has 1 aromatic carbocycles.